The number of methoxy groups -OCH3 is 1. The second-order valence-corrected chi connectivity index (χ2v) is 14.4. The summed E-state index contributed by atoms with van der Waals surface area (Å²) >= 11 is 0. The summed E-state index contributed by atoms with van der Waals surface area (Å²) < 4.78 is 71.0. The van der Waals surface area contributed by atoms with E-state index in [1.54, 1.807) is 25.3 Å². The summed E-state index contributed by atoms with van der Waals surface area (Å²) in [4.78, 5) is 22.6. The number of phenols is 2. The number of nitrogens with zero attached hydrogens (tertiary/aromatic N) is 2. The Morgan fingerprint density at radius 1 is 0.653 bits per heavy atom. The van der Waals surface area contributed by atoms with Gasteiger partial charge in [-0.3, -0.25) is 9.59 Å². The van der Waals surface area contributed by atoms with E-state index in [0.717, 1.165) is 43.0 Å². The molecule has 4 aromatic carbocycles. The van der Waals surface area contributed by atoms with Crippen LogP contribution in [-0.2, 0) is 55.7 Å². The summed E-state index contributed by atoms with van der Waals surface area (Å²) in [7, 11) is -6.27. The third-order valence-corrected chi connectivity index (χ3v) is 10.5. The molecule has 0 saturated carbocycles. The quantitative estimate of drug-likeness (QED) is 0.203. The number of rotatable bonds is 9. The van der Waals surface area contributed by atoms with Gasteiger partial charge in [0.1, 0.15) is 36.2 Å². The highest BCUT2D eigenvalue weighted by atomic mass is 32.2. The maximum atomic E-state index is 13.2. The van der Waals surface area contributed by atoms with Crippen molar-refractivity contribution in [2.24, 2.45) is 0 Å². The lowest BCUT2D eigenvalue weighted by Crippen LogP contribution is -2.29. The number of amides is 2. The molecule has 4 N–H and O–H groups in total. The molecule has 2 heterocycles. The van der Waals surface area contributed by atoms with Crippen molar-refractivity contribution in [1.29, 1.82) is 0 Å². The number of halogens is 1. The monoisotopic (exact) mass is 712 g/mol. The number of aryl methyl sites for hydroxylation is 4. The van der Waals surface area contributed by atoms with Crippen molar-refractivity contribution in [3.05, 3.63) is 113 Å². The molecule has 2 amide bonds. The van der Waals surface area contributed by atoms with Crippen molar-refractivity contribution in [2.45, 2.75) is 25.7 Å². The van der Waals surface area contributed by atoms with Crippen LogP contribution in [0.2, 0.25) is 0 Å². The van der Waals surface area contributed by atoms with E-state index in [9.17, 15) is 41.0 Å². The molecule has 0 bridgehead atoms. The van der Waals surface area contributed by atoms with Crippen LogP contribution in [0.5, 0.6) is 17.2 Å². The zero-order chi connectivity index (χ0) is 35.3. The summed E-state index contributed by atoms with van der Waals surface area (Å²) in [5, 5.41) is 20.3. The molecule has 0 spiro atoms. The van der Waals surface area contributed by atoms with Crippen LogP contribution in [0.3, 0.4) is 0 Å². The van der Waals surface area contributed by atoms with Gasteiger partial charge in [-0.05, 0) is 96.5 Å². The fraction of sp³-hybridized carbons (Fsp3) is 0.212. The fourth-order valence-electron chi connectivity index (χ4n) is 5.29. The molecular formula is C33H33FN4O9S2. The van der Waals surface area contributed by atoms with Crippen LogP contribution in [0.15, 0.2) is 84.9 Å². The molecule has 2 aliphatic rings. The van der Waals surface area contributed by atoms with Gasteiger partial charge < -0.3 is 14.9 Å². The van der Waals surface area contributed by atoms with Gasteiger partial charge in [0, 0.05) is 0 Å². The molecular weight excluding hydrogens is 680 g/mol. The van der Waals surface area contributed by atoms with Gasteiger partial charge in [0.15, 0.2) is 0 Å². The summed E-state index contributed by atoms with van der Waals surface area (Å²) in [6.45, 7) is -0.697. The molecule has 0 aromatic heterocycles. The highest BCUT2D eigenvalue weighted by Gasteiger charge is 2.36. The molecule has 13 nitrogen and oxygen atoms in total. The molecule has 16 heteroatoms. The van der Waals surface area contributed by atoms with Gasteiger partial charge in [0.05, 0.1) is 18.5 Å². The number of carbonyl (C=O) groups excluding carboxylic acids is 2. The third-order valence-electron chi connectivity index (χ3n) is 7.69. The average molecular weight is 713 g/mol. The Kier molecular flexibility index (Phi) is 10.3. The first kappa shape index (κ1) is 35.0. The first-order valence-corrected chi connectivity index (χ1v) is 17.8. The van der Waals surface area contributed by atoms with E-state index >= 15 is 0 Å². The third kappa shape index (κ3) is 8.58. The van der Waals surface area contributed by atoms with E-state index in [1.165, 1.54) is 36.4 Å². The molecule has 0 unspecified atom stereocenters. The standard InChI is InChI=1S/C17H18N2O5S.C16H15FN2O4S/c1-24-14-4-2-3-12(9-14)5-6-13-7-8-15(16(20)10-13)19-11-17(21)18-25(19,22)23;17-13-3-1-2-11(8-13)4-5-12-6-7-14(15(20)9-12)19-10-16(21)18-24(19,22)23/h2-4,7-10,20H,5-6,11H2,1H3,(H,18,21);1-3,6-9,20H,4-5,10H2,(H,18,21). The molecule has 0 aliphatic carbocycles. The van der Waals surface area contributed by atoms with Crippen LogP contribution >= 0.6 is 0 Å². The summed E-state index contributed by atoms with van der Waals surface area (Å²) in [6, 6.07) is 23.3. The second kappa shape index (κ2) is 14.4. The van der Waals surface area contributed by atoms with Gasteiger partial charge in [-0.25, -0.2) is 22.4 Å². The molecule has 0 atom stereocenters. The van der Waals surface area contributed by atoms with Crippen LogP contribution in [0, 0.1) is 5.82 Å². The van der Waals surface area contributed by atoms with Gasteiger partial charge in [-0.2, -0.15) is 16.8 Å². The minimum absolute atomic E-state index is 0.0443. The highest BCUT2D eigenvalue weighted by Crippen LogP contribution is 2.33. The van der Waals surface area contributed by atoms with Crippen molar-refractivity contribution in [1.82, 2.24) is 9.44 Å². The largest absolute Gasteiger partial charge is 0.506 e. The molecule has 6 rings (SSSR count). The van der Waals surface area contributed by atoms with E-state index < -0.39 is 32.2 Å². The van der Waals surface area contributed by atoms with Gasteiger partial charge in [0.25, 0.3) is 11.8 Å². The SMILES string of the molecule is COc1cccc(CCc2ccc(N3CC(=O)NS3(=O)=O)c(O)c2)c1.O=C1CN(c2ccc(CCc3cccc(F)c3)cc2O)S(=O)(=O)N1. The minimum Gasteiger partial charge on any atom is -0.506 e. The predicted octanol–water partition coefficient (Wildman–Crippen LogP) is 2.86. The van der Waals surface area contributed by atoms with E-state index in [2.05, 4.69) is 0 Å². The summed E-state index contributed by atoms with van der Waals surface area (Å²) in [5.41, 5.74) is 3.69. The number of hydrogen-bond donors (Lipinski definition) is 4. The lowest BCUT2D eigenvalue weighted by Gasteiger charge is -2.16. The first-order valence-electron chi connectivity index (χ1n) is 14.9. The van der Waals surface area contributed by atoms with Crippen molar-refractivity contribution < 1.29 is 45.8 Å². The van der Waals surface area contributed by atoms with E-state index in [1.807, 2.05) is 39.8 Å². The number of carbonyl (C=O) groups is 2. The van der Waals surface area contributed by atoms with E-state index in [4.69, 9.17) is 4.74 Å². The van der Waals surface area contributed by atoms with Crippen LogP contribution in [0.4, 0.5) is 15.8 Å². The summed E-state index contributed by atoms with van der Waals surface area (Å²) in [6.07, 6.45) is 2.56. The van der Waals surface area contributed by atoms with Crippen LogP contribution in [-0.4, -0.2) is 59.1 Å². The highest BCUT2D eigenvalue weighted by molar-refractivity contribution is 7.92. The first-order chi connectivity index (χ1) is 23.2. The molecule has 0 radical (unpaired) electrons. The van der Waals surface area contributed by atoms with Crippen molar-refractivity contribution in [3.8, 4) is 17.2 Å². The predicted molar refractivity (Wildman–Crippen MR) is 179 cm³/mol. The molecule has 2 fully saturated rings. The lowest BCUT2D eigenvalue weighted by molar-refractivity contribution is -0.118. The Labute approximate surface area is 282 Å². The second-order valence-electron chi connectivity index (χ2n) is 11.2. The van der Waals surface area contributed by atoms with Crippen molar-refractivity contribution in [2.75, 3.05) is 28.8 Å². The number of phenolic OH excluding ortho intramolecular Hbond substituents is 2. The Bertz CT molecular complexity index is 2110. The van der Waals surface area contributed by atoms with Gasteiger partial charge >= 0.3 is 20.4 Å². The van der Waals surface area contributed by atoms with E-state index in [-0.39, 0.29) is 41.8 Å². The van der Waals surface area contributed by atoms with E-state index in [0.29, 0.717) is 19.3 Å². The van der Waals surface area contributed by atoms with Crippen LogP contribution in [0.25, 0.3) is 0 Å². The number of ether oxygens (including phenoxy) is 1. The Morgan fingerprint density at radius 2 is 1.08 bits per heavy atom. The normalized spacial score (nSPS) is 16.0. The molecule has 258 valence electrons. The minimum atomic E-state index is -3.95. The molecule has 2 aliphatic heterocycles. The Hall–Kier alpha value is -5.35. The zero-order valence-electron chi connectivity index (χ0n) is 26.2. The van der Waals surface area contributed by atoms with Gasteiger partial charge in [-0.1, -0.05) is 36.4 Å². The number of aromatic hydroxyl groups is 2. The molecule has 2 saturated heterocycles. The Morgan fingerprint density at radius 3 is 1.47 bits per heavy atom. The smallest absolute Gasteiger partial charge is 0.326 e. The van der Waals surface area contributed by atoms with Crippen LogP contribution < -0.4 is 22.8 Å². The number of hydrogen-bond acceptors (Lipinski definition) is 9. The zero-order valence-corrected chi connectivity index (χ0v) is 27.8. The van der Waals surface area contributed by atoms with Gasteiger partial charge in [0.2, 0.25) is 0 Å². The van der Waals surface area contributed by atoms with Gasteiger partial charge in [-0.15, -0.1) is 0 Å². The number of nitrogens with one attached hydrogen (secondary N) is 2. The fourth-order valence-corrected chi connectivity index (χ4v) is 7.62. The molecule has 49 heavy (non-hydrogen) atoms. The number of benzene rings is 4. The topological polar surface area (TPSA) is 183 Å². The Balaban J connectivity index is 0.000000191. The summed E-state index contributed by atoms with van der Waals surface area (Å²) in [5.74, 6) is -1.20. The maximum Gasteiger partial charge on any atom is 0.326 e. The lowest BCUT2D eigenvalue weighted by atomic mass is 10.0. The van der Waals surface area contributed by atoms with Crippen molar-refractivity contribution >= 4 is 43.6 Å². The molecule has 4 aromatic rings. The maximum absolute atomic E-state index is 13.2. The van der Waals surface area contributed by atoms with Crippen LogP contribution in [0.1, 0.15) is 22.3 Å². The number of anilines is 2. The van der Waals surface area contributed by atoms with Crippen molar-refractivity contribution in [3.63, 3.8) is 0 Å². The average Bonchev–Trinajstić information content (AvgIpc) is 3.49.